The molecule has 0 aliphatic rings. The Hall–Kier alpha value is -2.63. The number of benzene rings is 3. The summed E-state index contributed by atoms with van der Waals surface area (Å²) in [4.78, 5) is 4.74. The third-order valence-corrected chi connectivity index (χ3v) is 9.27. The van der Waals surface area contributed by atoms with Crippen molar-refractivity contribution in [3.8, 4) is 11.3 Å². The normalized spacial score (nSPS) is 13.3. The molecule has 0 unspecified atom stereocenters. The molecule has 0 fully saturated rings. The van der Waals surface area contributed by atoms with Gasteiger partial charge in [0.2, 0.25) is 0 Å². The lowest BCUT2D eigenvalue weighted by Gasteiger charge is -2.26. The summed E-state index contributed by atoms with van der Waals surface area (Å²) in [5.41, 5.74) is 2.94. The molecule has 5 heteroatoms. The first kappa shape index (κ1) is 24.1. The molecule has 0 aliphatic heterocycles. The molecule has 0 amide bonds. The predicted octanol–water partition coefficient (Wildman–Crippen LogP) is 10.00. The van der Waals surface area contributed by atoms with Gasteiger partial charge in [-0.2, -0.15) is 0 Å². The Kier molecular flexibility index (Phi) is 5.65. The van der Waals surface area contributed by atoms with Crippen molar-refractivity contribution >= 4 is 50.4 Å². The van der Waals surface area contributed by atoms with Gasteiger partial charge in [0.1, 0.15) is 0 Å². The monoisotopic (exact) mass is 503 g/mol. The average Bonchev–Trinajstić information content (AvgIpc) is 3.15. The molecule has 0 bridgehead atoms. The first-order valence-corrected chi connectivity index (χ1v) is 16.6. The summed E-state index contributed by atoms with van der Waals surface area (Å²) < 4.78 is 33.8. The molecule has 2 aromatic heterocycles. The van der Waals surface area contributed by atoms with Gasteiger partial charge in [-0.15, -0.1) is 11.3 Å². The molecule has 0 aliphatic carbocycles. The highest BCUT2D eigenvalue weighted by Gasteiger charge is 2.38. The zero-order chi connectivity index (χ0) is 25.2. The van der Waals surface area contributed by atoms with Crippen LogP contribution in [0.4, 0.5) is 8.78 Å². The molecule has 2 heterocycles. The van der Waals surface area contributed by atoms with Crippen molar-refractivity contribution in [2.24, 2.45) is 0 Å². The van der Waals surface area contributed by atoms with Gasteiger partial charge in [-0.05, 0) is 39.9 Å². The second-order valence-electron chi connectivity index (χ2n) is 11.8. The molecule has 5 rings (SSSR count). The van der Waals surface area contributed by atoms with Crippen LogP contribution in [0.5, 0.6) is 0 Å². The van der Waals surface area contributed by atoms with Crippen LogP contribution in [0.3, 0.4) is 0 Å². The number of thiophene rings is 1. The minimum atomic E-state index is -2.90. The molecular weight excluding hydrogens is 472 g/mol. The number of halogens is 2. The lowest BCUT2D eigenvalue weighted by Crippen LogP contribution is -2.29. The standard InChI is InChI=1S/C30H31F2NSSi/c1-29(2,3)24-13-9-12-22-23-14-15-33-26(28(23)34-27(22)24)20-16-19-10-7-8-11-21(19)25(17-20)30(31,32)18-35(4,5)6/h7-17H,18H2,1-6H3. The number of hydrogen-bond donors (Lipinski definition) is 0. The van der Waals surface area contributed by atoms with E-state index in [-0.39, 0.29) is 17.0 Å². The van der Waals surface area contributed by atoms with Crippen molar-refractivity contribution in [1.82, 2.24) is 4.98 Å². The minimum absolute atomic E-state index is 0.00297. The van der Waals surface area contributed by atoms with Gasteiger partial charge in [0.25, 0.3) is 5.92 Å². The highest BCUT2D eigenvalue weighted by molar-refractivity contribution is 7.26. The summed E-state index contributed by atoms with van der Waals surface area (Å²) in [6.45, 7) is 12.7. The van der Waals surface area contributed by atoms with E-state index in [2.05, 4.69) is 39.0 Å². The predicted molar refractivity (Wildman–Crippen MR) is 151 cm³/mol. The summed E-state index contributed by atoms with van der Waals surface area (Å²) in [5, 5.41) is 3.78. The molecule has 0 saturated heterocycles. The number of hydrogen-bond acceptors (Lipinski definition) is 2. The van der Waals surface area contributed by atoms with Crippen LogP contribution in [-0.2, 0) is 11.3 Å². The SMILES string of the molecule is CC(C)(C)c1cccc2c1sc1c(-c3cc(C(F)(F)C[Si](C)(C)C)c4ccccc4c3)nccc12. The third-order valence-electron chi connectivity index (χ3n) is 6.50. The first-order chi connectivity index (χ1) is 16.4. The summed E-state index contributed by atoms with van der Waals surface area (Å²) in [6.07, 6.45) is 1.81. The highest BCUT2D eigenvalue weighted by atomic mass is 32.1. The molecule has 0 saturated carbocycles. The van der Waals surface area contributed by atoms with Gasteiger partial charge in [0, 0.05) is 38.8 Å². The quantitative estimate of drug-likeness (QED) is 0.222. The van der Waals surface area contributed by atoms with Crippen molar-refractivity contribution in [2.45, 2.75) is 57.8 Å². The van der Waals surface area contributed by atoms with Gasteiger partial charge in [0.15, 0.2) is 0 Å². The molecule has 0 radical (unpaired) electrons. The Labute approximate surface area is 210 Å². The third kappa shape index (κ3) is 4.40. The molecule has 3 aromatic carbocycles. The van der Waals surface area contributed by atoms with Gasteiger partial charge >= 0.3 is 0 Å². The van der Waals surface area contributed by atoms with E-state index >= 15 is 8.78 Å². The van der Waals surface area contributed by atoms with E-state index in [1.54, 1.807) is 17.4 Å². The zero-order valence-corrected chi connectivity index (χ0v) is 23.0. The maximum absolute atomic E-state index is 15.8. The van der Waals surface area contributed by atoms with Crippen LogP contribution in [0.25, 0.3) is 42.2 Å². The molecule has 0 N–H and O–H groups in total. The number of pyridine rings is 1. The molecule has 35 heavy (non-hydrogen) atoms. The number of alkyl halides is 2. The van der Waals surface area contributed by atoms with Crippen LogP contribution in [0.2, 0.25) is 25.7 Å². The molecule has 0 spiro atoms. The Morgan fingerprint density at radius 1 is 0.800 bits per heavy atom. The maximum atomic E-state index is 15.8. The molecule has 1 nitrogen and oxygen atoms in total. The summed E-state index contributed by atoms with van der Waals surface area (Å²) in [7, 11) is -2.01. The van der Waals surface area contributed by atoms with E-state index < -0.39 is 14.0 Å². The average molecular weight is 504 g/mol. The number of nitrogens with zero attached hydrogens (tertiary/aromatic N) is 1. The lowest BCUT2D eigenvalue weighted by molar-refractivity contribution is 0.0177. The number of rotatable bonds is 4. The minimum Gasteiger partial charge on any atom is -0.255 e. The number of fused-ring (bicyclic) bond motifs is 4. The van der Waals surface area contributed by atoms with E-state index in [9.17, 15) is 0 Å². The van der Waals surface area contributed by atoms with Crippen molar-refractivity contribution in [1.29, 1.82) is 0 Å². The summed E-state index contributed by atoms with van der Waals surface area (Å²) in [6, 6.07) is 19.6. The fraction of sp³-hybridized carbons (Fsp3) is 0.300. The van der Waals surface area contributed by atoms with Crippen LogP contribution in [0.1, 0.15) is 31.9 Å². The van der Waals surface area contributed by atoms with Gasteiger partial charge in [-0.3, -0.25) is 4.98 Å². The zero-order valence-electron chi connectivity index (χ0n) is 21.2. The van der Waals surface area contributed by atoms with E-state index in [4.69, 9.17) is 4.98 Å². The lowest BCUT2D eigenvalue weighted by atomic mass is 9.86. The topological polar surface area (TPSA) is 12.9 Å². The van der Waals surface area contributed by atoms with Crippen LogP contribution in [0, 0.1) is 0 Å². The van der Waals surface area contributed by atoms with Gasteiger partial charge in [-0.1, -0.05) is 82.9 Å². The fourth-order valence-electron chi connectivity index (χ4n) is 5.03. The van der Waals surface area contributed by atoms with E-state index in [1.165, 1.54) is 15.6 Å². The number of aromatic nitrogens is 1. The molecule has 5 aromatic rings. The van der Waals surface area contributed by atoms with Gasteiger partial charge in [0.05, 0.1) is 18.5 Å². The van der Waals surface area contributed by atoms with E-state index in [0.717, 1.165) is 26.7 Å². The van der Waals surface area contributed by atoms with Crippen LogP contribution < -0.4 is 0 Å². The summed E-state index contributed by atoms with van der Waals surface area (Å²) in [5.74, 6) is -2.90. The smallest absolute Gasteiger partial charge is 0.255 e. The highest BCUT2D eigenvalue weighted by Crippen LogP contribution is 2.46. The van der Waals surface area contributed by atoms with E-state index in [1.807, 2.05) is 62.2 Å². The molecule has 180 valence electrons. The van der Waals surface area contributed by atoms with Crippen molar-refractivity contribution < 1.29 is 8.78 Å². The Balaban J connectivity index is 1.80. The second kappa shape index (κ2) is 8.21. The van der Waals surface area contributed by atoms with Crippen molar-refractivity contribution in [2.75, 3.05) is 0 Å². The van der Waals surface area contributed by atoms with Crippen molar-refractivity contribution in [3.05, 3.63) is 78.0 Å². The largest absolute Gasteiger partial charge is 0.271 e. The van der Waals surface area contributed by atoms with Gasteiger partial charge < -0.3 is 0 Å². The fourth-order valence-corrected chi connectivity index (χ4v) is 8.09. The van der Waals surface area contributed by atoms with Crippen LogP contribution in [-0.4, -0.2) is 13.1 Å². The van der Waals surface area contributed by atoms with E-state index in [0.29, 0.717) is 5.39 Å². The first-order valence-electron chi connectivity index (χ1n) is 12.1. The van der Waals surface area contributed by atoms with Crippen molar-refractivity contribution in [3.63, 3.8) is 0 Å². The Bertz CT molecular complexity index is 1570. The maximum Gasteiger partial charge on any atom is 0.271 e. The molecule has 0 atom stereocenters. The van der Waals surface area contributed by atoms with Crippen LogP contribution >= 0.6 is 11.3 Å². The molecular formula is C30H31F2NSSi. The van der Waals surface area contributed by atoms with Gasteiger partial charge in [-0.25, -0.2) is 8.78 Å². The second-order valence-corrected chi connectivity index (χ2v) is 18.3. The van der Waals surface area contributed by atoms with Crippen LogP contribution in [0.15, 0.2) is 66.9 Å². The summed E-state index contributed by atoms with van der Waals surface area (Å²) >= 11 is 1.72. The Morgan fingerprint density at radius 3 is 2.20 bits per heavy atom. The Morgan fingerprint density at radius 2 is 1.49 bits per heavy atom.